The van der Waals surface area contributed by atoms with Crippen LogP contribution in [0.15, 0.2) is 72.8 Å². The van der Waals surface area contributed by atoms with Crippen LogP contribution in [0.3, 0.4) is 0 Å². The number of alkyl halides is 6. The molecule has 44 heavy (non-hydrogen) atoms. The van der Waals surface area contributed by atoms with Crippen LogP contribution in [-0.2, 0) is 16.4 Å². The molecule has 3 aromatic carbocycles. The zero-order valence-electron chi connectivity index (χ0n) is 23.9. The minimum Gasteiger partial charge on any atom is -0.349 e. The van der Waals surface area contributed by atoms with Crippen LogP contribution in [0, 0.1) is 0 Å². The normalized spacial score (nSPS) is 16.7. The number of carbonyl (C=O) groups is 2. The van der Waals surface area contributed by atoms with Crippen LogP contribution >= 0.6 is 0 Å². The standard InChI is InChI=1S/C33H33F6N3O2/c34-32(35,36)21-40-30(44)31(26-12-4-1-9-23(26)24-10-2-5-13-27(24)31)17-7-8-18-42-19-15-22(16-20-42)41-29(43)25-11-3-6-14-28(25)33(37,38)39/h1-6,9-14,22H,7-8,15-21H2,(H,40,44)(H,41,43). The number of carbonyl (C=O) groups excluding carboxylic acids is 2. The SMILES string of the molecule is O=C(NC1CCN(CCCCC2(C(=O)NCC(F)(F)F)c3ccccc3-c3ccccc32)CC1)c1ccccc1C(F)(F)F. The summed E-state index contributed by atoms with van der Waals surface area (Å²) in [4.78, 5) is 28.5. The third-order valence-electron chi connectivity index (χ3n) is 8.58. The van der Waals surface area contributed by atoms with Gasteiger partial charge in [0.2, 0.25) is 5.91 Å². The number of nitrogens with one attached hydrogen (secondary N) is 2. The summed E-state index contributed by atoms with van der Waals surface area (Å²) in [6.07, 6.45) is -6.42. The molecule has 0 bridgehead atoms. The monoisotopic (exact) mass is 617 g/mol. The number of amides is 2. The molecule has 1 heterocycles. The number of halogens is 6. The van der Waals surface area contributed by atoms with Gasteiger partial charge in [0.25, 0.3) is 5.91 Å². The highest BCUT2D eigenvalue weighted by Gasteiger charge is 2.49. The van der Waals surface area contributed by atoms with E-state index in [-0.39, 0.29) is 6.04 Å². The first-order valence-corrected chi connectivity index (χ1v) is 14.6. The molecular formula is C33H33F6N3O2. The molecule has 234 valence electrons. The third kappa shape index (κ3) is 6.62. The van der Waals surface area contributed by atoms with Crippen molar-refractivity contribution in [3.63, 3.8) is 0 Å². The molecule has 5 nitrogen and oxygen atoms in total. The van der Waals surface area contributed by atoms with Gasteiger partial charge in [-0.15, -0.1) is 0 Å². The molecule has 2 amide bonds. The number of likely N-dealkylation sites (tertiary alicyclic amines) is 1. The Labute approximate surface area is 251 Å². The van der Waals surface area contributed by atoms with Crippen LogP contribution in [0.1, 0.15) is 59.2 Å². The van der Waals surface area contributed by atoms with E-state index in [1.165, 1.54) is 18.2 Å². The van der Waals surface area contributed by atoms with Gasteiger partial charge in [-0.1, -0.05) is 67.1 Å². The highest BCUT2D eigenvalue weighted by molar-refractivity contribution is 6.00. The third-order valence-corrected chi connectivity index (χ3v) is 8.58. The Hall–Kier alpha value is -3.86. The fraction of sp³-hybridized carbons (Fsp3) is 0.394. The maximum atomic E-state index is 13.6. The van der Waals surface area contributed by atoms with Crippen molar-refractivity contribution < 1.29 is 35.9 Å². The smallest absolute Gasteiger partial charge is 0.349 e. The lowest BCUT2D eigenvalue weighted by Gasteiger charge is -2.33. The lowest BCUT2D eigenvalue weighted by atomic mass is 9.73. The first-order valence-electron chi connectivity index (χ1n) is 14.6. The predicted octanol–water partition coefficient (Wildman–Crippen LogP) is 6.72. The second-order valence-electron chi connectivity index (χ2n) is 11.4. The van der Waals surface area contributed by atoms with Gasteiger partial charge in [0, 0.05) is 19.1 Å². The van der Waals surface area contributed by atoms with Gasteiger partial charge in [0.1, 0.15) is 12.0 Å². The molecule has 0 aromatic heterocycles. The van der Waals surface area contributed by atoms with Crippen molar-refractivity contribution in [2.24, 2.45) is 0 Å². The molecule has 0 spiro atoms. The van der Waals surface area contributed by atoms with E-state index in [0.717, 1.165) is 17.2 Å². The van der Waals surface area contributed by atoms with Crippen LogP contribution in [-0.4, -0.2) is 55.1 Å². The van der Waals surface area contributed by atoms with Crippen molar-refractivity contribution in [3.05, 3.63) is 95.1 Å². The zero-order chi connectivity index (χ0) is 31.5. The summed E-state index contributed by atoms with van der Waals surface area (Å²) in [5.74, 6) is -1.42. The Morgan fingerprint density at radius 3 is 1.95 bits per heavy atom. The Morgan fingerprint density at radius 2 is 1.36 bits per heavy atom. The van der Waals surface area contributed by atoms with Crippen molar-refractivity contribution in [2.75, 3.05) is 26.2 Å². The number of benzene rings is 3. The number of nitrogens with zero attached hydrogens (tertiary/aromatic N) is 1. The average molecular weight is 618 g/mol. The number of hydrogen-bond donors (Lipinski definition) is 2. The van der Waals surface area contributed by atoms with Crippen molar-refractivity contribution in [3.8, 4) is 11.1 Å². The van der Waals surface area contributed by atoms with Crippen LogP contribution in [0.2, 0.25) is 0 Å². The molecule has 1 aliphatic heterocycles. The van der Waals surface area contributed by atoms with Crippen LogP contribution in [0.25, 0.3) is 11.1 Å². The highest BCUT2D eigenvalue weighted by atomic mass is 19.4. The summed E-state index contributed by atoms with van der Waals surface area (Å²) in [6, 6.07) is 19.1. The molecule has 1 aliphatic carbocycles. The van der Waals surface area contributed by atoms with E-state index in [2.05, 4.69) is 15.5 Å². The number of rotatable bonds is 9. The molecular weight excluding hydrogens is 584 g/mol. The van der Waals surface area contributed by atoms with Crippen molar-refractivity contribution >= 4 is 11.8 Å². The van der Waals surface area contributed by atoms with Crippen molar-refractivity contribution in [1.29, 1.82) is 0 Å². The van der Waals surface area contributed by atoms with Gasteiger partial charge in [-0.3, -0.25) is 9.59 Å². The molecule has 11 heteroatoms. The number of hydrogen-bond acceptors (Lipinski definition) is 3. The maximum absolute atomic E-state index is 13.6. The summed E-state index contributed by atoms with van der Waals surface area (Å²) in [6.45, 7) is 0.537. The van der Waals surface area contributed by atoms with Gasteiger partial charge in [-0.05, 0) is 66.6 Å². The topological polar surface area (TPSA) is 61.4 Å². The van der Waals surface area contributed by atoms with Crippen LogP contribution < -0.4 is 10.6 Å². The lowest BCUT2D eigenvalue weighted by molar-refractivity contribution is -0.141. The van der Waals surface area contributed by atoms with E-state index >= 15 is 0 Å². The van der Waals surface area contributed by atoms with Crippen molar-refractivity contribution in [2.45, 2.75) is 55.9 Å². The maximum Gasteiger partial charge on any atom is 0.417 e. The molecule has 2 aliphatic rings. The summed E-state index contributed by atoms with van der Waals surface area (Å²) in [5.41, 5.74) is 0.467. The van der Waals surface area contributed by atoms with Crippen LogP contribution in [0.5, 0.6) is 0 Å². The largest absolute Gasteiger partial charge is 0.417 e. The molecule has 1 saturated heterocycles. The molecule has 0 atom stereocenters. The number of piperidine rings is 1. The Balaban J connectivity index is 1.20. The highest BCUT2D eigenvalue weighted by Crippen LogP contribution is 2.51. The van der Waals surface area contributed by atoms with Gasteiger partial charge in [0.15, 0.2) is 0 Å². The summed E-state index contributed by atoms with van der Waals surface area (Å²) in [5, 5.41) is 4.89. The molecule has 5 rings (SSSR count). The molecule has 0 radical (unpaired) electrons. The first-order chi connectivity index (χ1) is 20.9. The summed E-state index contributed by atoms with van der Waals surface area (Å²) in [7, 11) is 0. The van der Waals surface area contributed by atoms with E-state index in [0.29, 0.717) is 62.9 Å². The lowest BCUT2D eigenvalue weighted by Crippen LogP contribution is -2.47. The summed E-state index contributed by atoms with van der Waals surface area (Å²) >= 11 is 0. The van der Waals surface area contributed by atoms with Gasteiger partial charge in [-0.25, -0.2) is 0 Å². The van der Waals surface area contributed by atoms with E-state index in [4.69, 9.17) is 0 Å². The van der Waals surface area contributed by atoms with Gasteiger partial charge >= 0.3 is 12.4 Å². The number of unbranched alkanes of at least 4 members (excludes halogenated alkanes) is 1. The minimum atomic E-state index is -4.63. The molecule has 0 saturated carbocycles. The fourth-order valence-electron chi connectivity index (χ4n) is 6.50. The number of fused-ring (bicyclic) bond motifs is 3. The molecule has 2 N–H and O–H groups in total. The van der Waals surface area contributed by atoms with E-state index in [1.807, 2.05) is 36.4 Å². The van der Waals surface area contributed by atoms with Crippen molar-refractivity contribution in [1.82, 2.24) is 15.5 Å². The van der Waals surface area contributed by atoms with Gasteiger partial charge in [-0.2, -0.15) is 26.3 Å². The van der Waals surface area contributed by atoms with E-state index in [9.17, 15) is 35.9 Å². The van der Waals surface area contributed by atoms with Crippen LogP contribution in [0.4, 0.5) is 26.3 Å². The minimum absolute atomic E-state index is 0.257. The Bertz CT molecular complexity index is 1450. The molecule has 0 unspecified atom stereocenters. The predicted molar refractivity (Wildman–Crippen MR) is 154 cm³/mol. The van der Waals surface area contributed by atoms with Gasteiger partial charge in [0.05, 0.1) is 11.1 Å². The molecule has 3 aromatic rings. The van der Waals surface area contributed by atoms with E-state index in [1.54, 1.807) is 12.1 Å². The average Bonchev–Trinajstić information content (AvgIpc) is 3.29. The summed E-state index contributed by atoms with van der Waals surface area (Å²) < 4.78 is 79.3. The second kappa shape index (κ2) is 12.6. The fourth-order valence-corrected chi connectivity index (χ4v) is 6.50. The Morgan fingerprint density at radius 1 is 0.795 bits per heavy atom. The van der Waals surface area contributed by atoms with Gasteiger partial charge < -0.3 is 15.5 Å². The zero-order valence-corrected chi connectivity index (χ0v) is 23.9. The Kier molecular flexibility index (Phi) is 9.06. The van der Waals surface area contributed by atoms with E-state index < -0.39 is 47.3 Å². The second-order valence-corrected chi connectivity index (χ2v) is 11.4. The molecule has 1 fully saturated rings. The first kappa shape index (κ1) is 31.6. The quantitative estimate of drug-likeness (QED) is 0.207.